The molecule has 0 radical (unpaired) electrons. The molecule has 0 amide bonds. The van der Waals surface area contributed by atoms with E-state index in [0.29, 0.717) is 17.9 Å². The van der Waals surface area contributed by atoms with Crippen LogP contribution in [-0.4, -0.2) is 20.2 Å². The van der Waals surface area contributed by atoms with E-state index < -0.39 is 15.1 Å². The van der Waals surface area contributed by atoms with Gasteiger partial charge in [-0.15, -0.1) is 0 Å². The van der Waals surface area contributed by atoms with Crippen LogP contribution in [0.1, 0.15) is 13.3 Å². The van der Waals surface area contributed by atoms with Crippen LogP contribution < -0.4 is 5.73 Å². The maximum Gasteiger partial charge on any atom is 0.181 e. The smallest absolute Gasteiger partial charge is 0.181 e. The largest absolute Gasteiger partial charge is 0.330 e. The molecule has 84 valence electrons. The van der Waals surface area contributed by atoms with Crippen LogP contribution in [0.15, 0.2) is 33.6 Å². The summed E-state index contributed by atoms with van der Waals surface area (Å²) in [7, 11) is -3.22. The quantitative estimate of drug-likeness (QED) is 0.923. The van der Waals surface area contributed by atoms with E-state index in [0.717, 1.165) is 4.47 Å². The van der Waals surface area contributed by atoms with E-state index >= 15 is 0 Å². The molecule has 0 spiro atoms. The second-order valence-electron chi connectivity index (χ2n) is 3.39. The minimum atomic E-state index is -3.22. The molecular formula is C10H14BrNO2S. The Labute approximate surface area is 98.7 Å². The molecule has 1 unspecified atom stereocenters. The molecule has 1 rings (SSSR count). The molecule has 0 aromatic heterocycles. The Morgan fingerprint density at radius 2 is 1.87 bits per heavy atom. The van der Waals surface area contributed by atoms with E-state index in [1.807, 2.05) is 0 Å². The summed E-state index contributed by atoms with van der Waals surface area (Å²) in [5.41, 5.74) is 5.36. The van der Waals surface area contributed by atoms with E-state index in [9.17, 15) is 8.42 Å². The molecule has 0 aliphatic carbocycles. The highest BCUT2D eigenvalue weighted by molar-refractivity contribution is 9.10. The normalized spacial score (nSPS) is 13.8. The number of hydrogen-bond donors (Lipinski definition) is 1. The van der Waals surface area contributed by atoms with Gasteiger partial charge in [-0.3, -0.25) is 0 Å². The fraction of sp³-hybridized carbons (Fsp3) is 0.400. The van der Waals surface area contributed by atoms with Crippen molar-refractivity contribution >= 4 is 25.8 Å². The number of rotatable bonds is 4. The average Bonchev–Trinajstić information content (AvgIpc) is 2.18. The van der Waals surface area contributed by atoms with Gasteiger partial charge in [-0.1, -0.05) is 15.9 Å². The maximum absolute atomic E-state index is 12.0. The lowest BCUT2D eigenvalue weighted by Gasteiger charge is -2.11. The Morgan fingerprint density at radius 3 is 2.33 bits per heavy atom. The summed E-state index contributed by atoms with van der Waals surface area (Å²) in [5, 5.41) is -0.427. The summed E-state index contributed by atoms with van der Waals surface area (Å²) >= 11 is 3.27. The molecule has 0 saturated carbocycles. The van der Waals surface area contributed by atoms with Gasteiger partial charge in [0.2, 0.25) is 0 Å². The van der Waals surface area contributed by atoms with Crippen LogP contribution in [0, 0.1) is 0 Å². The lowest BCUT2D eigenvalue weighted by Crippen LogP contribution is -2.21. The summed E-state index contributed by atoms with van der Waals surface area (Å²) in [6.45, 7) is 2.07. The lowest BCUT2D eigenvalue weighted by molar-refractivity contribution is 0.578. The monoisotopic (exact) mass is 291 g/mol. The van der Waals surface area contributed by atoms with Crippen molar-refractivity contribution in [2.75, 3.05) is 6.54 Å². The molecular weight excluding hydrogens is 278 g/mol. The van der Waals surface area contributed by atoms with Gasteiger partial charge in [0.15, 0.2) is 9.84 Å². The number of benzene rings is 1. The van der Waals surface area contributed by atoms with Crippen molar-refractivity contribution in [3.8, 4) is 0 Å². The summed E-state index contributed by atoms with van der Waals surface area (Å²) < 4.78 is 24.8. The molecule has 5 heteroatoms. The molecule has 0 aliphatic heterocycles. The molecule has 2 N–H and O–H groups in total. The average molecular weight is 292 g/mol. The zero-order chi connectivity index (χ0) is 11.5. The van der Waals surface area contributed by atoms with Crippen molar-refractivity contribution < 1.29 is 8.42 Å². The second kappa shape index (κ2) is 5.09. The van der Waals surface area contributed by atoms with E-state index in [1.165, 1.54) is 0 Å². The van der Waals surface area contributed by atoms with Gasteiger partial charge in [-0.05, 0) is 44.2 Å². The molecule has 0 aliphatic rings. The van der Waals surface area contributed by atoms with E-state index in [4.69, 9.17) is 5.73 Å². The van der Waals surface area contributed by atoms with Gasteiger partial charge in [0.05, 0.1) is 10.1 Å². The van der Waals surface area contributed by atoms with Crippen LogP contribution >= 0.6 is 15.9 Å². The molecule has 1 aromatic rings. The Bertz CT molecular complexity index is 414. The highest BCUT2D eigenvalue weighted by Gasteiger charge is 2.22. The molecule has 1 atom stereocenters. The van der Waals surface area contributed by atoms with Gasteiger partial charge in [-0.25, -0.2) is 8.42 Å². The van der Waals surface area contributed by atoms with Crippen LogP contribution in [0.25, 0.3) is 0 Å². The Hall–Kier alpha value is -0.390. The van der Waals surface area contributed by atoms with Crippen LogP contribution in [0.5, 0.6) is 0 Å². The van der Waals surface area contributed by atoms with Crippen molar-refractivity contribution in [3.63, 3.8) is 0 Å². The zero-order valence-electron chi connectivity index (χ0n) is 8.48. The van der Waals surface area contributed by atoms with Gasteiger partial charge in [0.1, 0.15) is 0 Å². The maximum atomic E-state index is 12.0. The lowest BCUT2D eigenvalue weighted by atomic mass is 10.3. The van der Waals surface area contributed by atoms with Gasteiger partial charge >= 0.3 is 0 Å². The molecule has 0 fully saturated rings. The Morgan fingerprint density at radius 1 is 1.33 bits per heavy atom. The Balaban J connectivity index is 3.01. The molecule has 0 bridgehead atoms. The molecule has 15 heavy (non-hydrogen) atoms. The summed E-state index contributed by atoms with van der Waals surface area (Å²) in [5.74, 6) is 0. The van der Waals surface area contributed by atoms with Crippen molar-refractivity contribution in [2.24, 2.45) is 5.73 Å². The van der Waals surface area contributed by atoms with E-state index in [2.05, 4.69) is 15.9 Å². The fourth-order valence-electron chi connectivity index (χ4n) is 1.25. The number of sulfone groups is 1. The highest BCUT2D eigenvalue weighted by Crippen LogP contribution is 2.20. The third-order valence-corrected chi connectivity index (χ3v) is 5.00. The molecule has 0 saturated heterocycles. The number of halogens is 1. The summed E-state index contributed by atoms with van der Waals surface area (Å²) in [6.07, 6.45) is 0.485. The predicted molar refractivity (Wildman–Crippen MR) is 64.5 cm³/mol. The first-order valence-electron chi connectivity index (χ1n) is 4.68. The topological polar surface area (TPSA) is 60.2 Å². The SMILES string of the molecule is CC(CCN)S(=O)(=O)c1ccc(Br)cc1. The van der Waals surface area contributed by atoms with Crippen LogP contribution in [0.3, 0.4) is 0 Å². The fourth-order valence-corrected chi connectivity index (χ4v) is 2.94. The van der Waals surface area contributed by atoms with Gasteiger partial charge < -0.3 is 5.73 Å². The molecule has 3 nitrogen and oxygen atoms in total. The predicted octanol–water partition coefficient (Wildman–Crippen LogP) is 1.96. The van der Waals surface area contributed by atoms with Gasteiger partial charge in [-0.2, -0.15) is 0 Å². The van der Waals surface area contributed by atoms with Crippen molar-refractivity contribution in [3.05, 3.63) is 28.7 Å². The first kappa shape index (κ1) is 12.7. The first-order chi connectivity index (χ1) is 6.98. The van der Waals surface area contributed by atoms with Gasteiger partial charge in [0.25, 0.3) is 0 Å². The van der Waals surface area contributed by atoms with E-state index in [1.54, 1.807) is 31.2 Å². The van der Waals surface area contributed by atoms with Crippen LogP contribution in [0.2, 0.25) is 0 Å². The van der Waals surface area contributed by atoms with E-state index in [-0.39, 0.29) is 0 Å². The Kier molecular flexibility index (Phi) is 4.31. The molecule has 0 heterocycles. The van der Waals surface area contributed by atoms with Gasteiger partial charge in [0, 0.05) is 4.47 Å². The minimum Gasteiger partial charge on any atom is -0.330 e. The highest BCUT2D eigenvalue weighted by atomic mass is 79.9. The second-order valence-corrected chi connectivity index (χ2v) is 6.67. The third-order valence-electron chi connectivity index (χ3n) is 2.25. The van der Waals surface area contributed by atoms with Crippen molar-refractivity contribution in [1.29, 1.82) is 0 Å². The zero-order valence-corrected chi connectivity index (χ0v) is 10.9. The minimum absolute atomic E-state index is 0.353. The van der Waals surface area contributed by atoms with Crippen molar-refractivity contribution in [1.82, 2.24) is 0 Å². The summed E-state index contributed by atoms with van der Waals surface area (Å²) in [4.78, 5) is 0.353. The first-order valence-corrected chi connectivity index (χ1v) is 7.02. The number of nitrogens with two attached hydrogens (primary N) is 1. The van der Waals surface area contributed by atoms with Crippen LogP contribution in [-0.2, 0) is 9.84 Å². The van der Waals surface area contributed by atoms with Crippen LogP contribution in [0.4, 0.5) is 0 Å². The standard InChI is InChI=1S/C10H14BrNO2S/c1-8(6-7-12)15(13,14)10-4-2-9(11)3-5-10/h2-5,8H,6-7,12H2,1H3. The third kappa shape index (κ3) is 3.03. The van der Waals surface area contributed by atoms with Crippen molar-refractivity contribution in [2.45, 2.75) is 23.5 Å². The summed E-state index contributed by atoms with van der Waals surface area (Å²) in [6, 6.07) is 6.66. The number of hydrogen-bond acceptors (Lipinski definition) is 3. The molecule has 1 aromatic carbocycles.